The fraction of sp³-hybridized carbons (Fsp3) is 0.0455. The first-order valence-corrected chi connectivity index (χ1v) is 8.86. The van der Waals surface area contributed by atoms with Crippen LogP contribution in [-0.2, 0) is 6.42 Å². The van der Waals surface area contributed by atoms with Crippen LogP contribution in [0.1, 0.15) is 11.1 Å². The highest BCUT2D eigenvalue weighted by Gasteiger charge is 2.14. The molecule has 0 bridgehead atoms. The van der Waals surface area contributed by atoms with Crippen molar-refractivity contribution in [2.45, 2.75) is 6.42 Å². The van der Waals surface area contributed by atoms with E-state index in [1.807, 2.05) is 42.6 Å². The summed E-state index contributed by atoms with van der Waals surface area (Å²) in [5.74, 6) is 0. The number of hydrogen-bond acceptors (Lipinski definition) is 3. The van der Waals surface area contributed by atoms with E-state index in [0.717, 1.165) is 27.6 Å². The van der Waals surface area contributed by atoms with E-state index in [0.29, 0.717) is 11.4 Å². The van der Waals surface area contributed by atoms with Gasteiger partial charge in [0.15, 0.2) is 0 Å². The average molecular weight is 375 g/mol. The number of rotatable bonds is 4. The fourth-order valence-electron chi connectivity index (χ4n) is 3.27. The Morgan fingerprint density at radius 3 is 2.37 bits per heavy atom. The van der Waals surface area contributed by atoms with Crippen LogP contribution in [0, 0.1) is 10.1 Å². The van der Waals surface area contributed by atoms with Crippen LogP contribution in [0.2, 0.25) is 5.02 Å². The van der Waals surface area contributed by atoms with E-state index >= 15 is 0 Å². The summed E-state index contributed by atoms with van der Waals surface area (Å²) in [4.78, 5) is 15.2. The number of nitrogens with zero attached hydrogens (tertiary/aromatic N) is 2. The van der Waals surface area contributed by atoms with Gasteiger partial charge in [0.05, 0.1) is 15.5 Å². The number of benzene rings is 3. The molecule has 0 spiro atoms. The highest BCUT2D eigenvalue weighted by atomic mass is 35.5. The van der Waals surface area contributed by atoms with Gasteiger partial charge in [-0.15, -0.1) is 0 Å². The smallest absolute Gasteiger partial charge is 0.258 e. The van der Waals surface area contributed by atoms with E-state index in [4.69, 9.17) is 11.6 Å². The lowest BCUT2D eigenvalue weighted by Crippen LogP contribution is -1.96. The van der Waals surface area contributed by atoms with Crippen LogP contribution in [0.15, 0.2) is 79.0 Å². The molecule has 5 heteroatoms. The lowest BCUT2D eigenvalue weighted by Gasteiger charge is -2.14. The molecule has 0 saturated carbocycles. The molecule has 132 valence electrons. The summed E-state index contributed by atoms with van der Waals surface area (Å²) in [6, 6.07) is 22.4. The van der Waals surface area contributed by atoms with E-state index in [-0.39, 0.29) is 5.69 Å². The number of aromatic nitrogens is 1. The van der Waals surface area contributed by atoms with Crippen molar-refractivity contribution >= 4 is 28.2 Å². The van der Waals surface area contributed by atoms with E-state index in [1.165, 1.54) is 17.7 Å². The van der Waals surface area contributed by atoms with E-state index in [2.05, 4.69) is 17.1 Å². The molecule has 4 nitrogen and oxygen atoms in total. The third kappa shape index (κ3) is 3.39. The number of halogens is 1. The summed E-state index contributed by atoms with van der Waals surface area (Å²) in [7, 11) is 0. The fourth-order valence-corrected chi connectivity index (χ4v) is 3.49. The van der Waals surface area contributed by atoms with Crippen molar-refractivity contribution in [3.8, 4) is 11.1 Å². The number of fused-ring (bicyclic) bond motifs is 1. The molecular weight excluding hydrogens is 360 g/mol. The molecule has 0 N–H and O–H groups in total. The van der Waals surface area contributed by atoms with Crippen molar-refractivity contribution in [1.29, 1.82) is 0 Å². The summed E-state index contributed by atoms with van der Waals surface area (Å²) in [6.07, 6.45) is 2.56. The molecule has 0 aliphatic heterocycles. The maximum absolute atomic E-state index is 11.0. The maximum atomic E-state index is 11.0. The Kier molecular flexibility index (Phi) is 4.57. The van der Waals surface area contributed by atoms with Gasteiger partial charge in [0.25, 0.3) is 5.69 Å². The first kappa shape index (κ1) is 17.2. The molecule has 0 atom stereocenters. The molecule has 27 heavy (non-hydrogen) atoms. The zero-order valence-electron chi connectivity index (χ0n) is 14.3. The highest BCUT2D eigenvalue weighted by Crippen LogP contribution is 2.35. The molecular formula is C22H15ClN2O2. The summed E-state index contributed by atoms with van der Waals surface area (Å²) in [5, 5.41) is 12.5. The zero-order chi connectivity index (χ0) is 18.8. The van der Waals surface area contributed by atoms with Crippen molar-refractivity contribution in [1.82, 2.24) is 4.98 Å². The predicted octanol–water partition coefficient (Wildman–Crippen LogP) is 6.05. The third-order valence-corrected chi connectivity index (χ3v) is 4.84. The van der Waals surface area contributed by atoms with E-state index in [1.54, 1.807) is 12.1 Å². The number of para-hydroxylation sites is 1. The van der Waals surface area contributed by atoms with E-state index < -0.39 is 4.92 Å². The van der Waals surface area contributed by atoms with Crippen molar-refractivity contribution in [3.05, 3.63) is 105 Å². The minimum Gasteiger partial charge on any atom is -0.258 e. The Bertz CT molecular complexity index is 1130. The molecule has 0 radical (unpaired) electrons. The number of pyridine rings is 1. The largest absolute Gasteiger partial charge is 0.269 e. The summed E-state index contributed by atoms with van der Waals surface area (Å²) in [6.45, 7) is 0. The molecule has 0 aliphatic carbocycles. The molecule has 0 unspecified atom stereocenters. The van der Waals surface area contributed by atoms with Gasteiger partial charge in [-0.2, -0.15) is 0 Å². The number of nitro benzene ring substituents is 1. The predicted molar refractivity (Wildman–Crippen MR) is 108 cm³/mol. The third-order valence-electron chi connectivity index (χ3n) is 4.53. The molecule has 1 heterocycles. The van der Waals surface area contributed by atoms with Crippen molar-refractivity contribution in [2.75, 3.05) is 0 Å². The Hall–Kier alpha value is -3.24. The van der Waals surface area contributed by atoms with Gasteiger partial charge in [0, 0.05) is 23.7 Å². The Labute approximate surface area is 161 Å². The summed E-state index contributed by atoms with van der Waals surface area (Å²) < 4.78 is 0. The van der Waals surface area contributed by atoms with Gasteiger partial charge in [-0.1, -0.05) is 54.1 Å². The van der Waals surface area contributed by atoms with Crippen LogP contribution >= 0.6 is 11.6 Å². The van der Waals surface area contributed by atoms with Crippen molar-refractivity contribution in [2.24, 2.45) is 0 Å². The normalized spacial score (nSPS) is 10.9. The zero-order valence-corrected chi connectivity index (χ0v) is 15.1. The van der Waals surface area contributed by atoms with Gasteiger partial charge in [-0.05, 0) is 46.9 Å². The number of nitro groups is 1. The summed E-state index contributed by atoms with van der Waals surface area (Å²) >= 11 is 6.34. The molecule has 4 rings (SSSR count). The van der Waals surface area contributed by atoms with Gasteiger partial charge < -0.3 is 0 Å². The molecule has 0 saturated heterocycles. The van der Waals surface area contributed by atoms with Crippen LogP contribution in [0.4, 0.5) is 5.69 Å². The Balaban J connectivity index is 1.92. The minimum atomic E-state index is -0.393. The van der Waals surface area contributed by atoms with Crippen LogP contribution in [0.5, 0.6) is 0 Å². The standard InChI is InChI=1S/C22H15ClN2O2/c23-20-8-4-7-19-21(16-9-11-18(12-10-16)25(26)27)17(14-24-22(19)20)13-15-5-2-1-3-6-15/h1-12,14H,13H2. The first-order valence-electron chi connectivity index (χ1n) is 8.48. The van der Waals surface area contributed by atoms with Gasteiger partial charge >= 0.3 is 0 Å². The molecule has 0 fully saturated rings. The number of non-ortho nitro benzene ring substituents is 1. The van der Waals surface area contributed by atoms with Gasteiger partial charge in [0.1, 0.15) is 0 Å². The van der Waals surface area contributed by atoms with Gasteiger partial charge in [-0.3, -0.25) is 15.1 Å². The Morgan fingerprint density at radius 2 is 1.67 bits per heavy atom. The monoisotopic (exact) mass is 374 g/mol. The van der Waals surface area contributed by atoms with Crippen LogP contribution in [0.3, 0.4) is 0 Å². The quantitative estimate of drug-likeness (QED) is 0.322. The van der Waals surface area contributed by atoms with Gasteiger partial charge in [-0.25, -0.2) is 0 Å². The molecule has 1 aromatic heterocycles. The molecule has 3 aromatic carbocycles. The highest BCUT2D eigenvalue weighted by molar-refractivity contribution is 6.35. The summed E-state index contributed by atoms with van der Waals surface area (Å²) in [5.41, 5.74) is 4.92. The molecule has 0 aliphatic rings. The lowest BCUT2D eigenvalue weighted by molar-refractivity contribution is -0.384. The molecule has 0 amide bonds. The average Bonchev–Trinajstić information content (AvgIpc) is 2.69. The van der Waals surface area contributed by atoms with E-state index in [9.17, 15) is 10.1 Å². The second kappa shape index (κ2) is 7.17. The Morgan fingerprint density at radius 1 is 0.926 bits per heavy atom. The van der Waals surface area contributed by atoms with Crippen LogP contribution in [-0.4, -0.2) is 9.91 Å². The molecule has 4 aromatic rings. The topological polar surface area (TPSA) is 56.0 Å². The second-order valence-electron chi connectivity index (χ2n) is 6.26. The lowest BCUT2D eigenvalue weighted by atomic mass is 9.93. The van der Waals surface area contributed by atoms with Crippen molar-refractivity contribution in [3.63, 3.8) is 0 Å². The van der Waals surface area contributed by atoms with Crippen LogP contribution < -0.4 is 0 Å². The minimum absolute atomic E-state index is 0.0692. The van der Waals surface area contributed by atoms with Crippen molar-refractivity contribution < 1.29 is 4.92 Å². The SMILES string of the molecule is O=[N+]([O-])c1ccc(-c2c(Cc3ccccc3)cnc3c(Cl)cccc23)cc1. The number of hydrogen-bond donors (Lipinski definition) is 0. The first-order chi connectivity index (χ1) is 13.1. The maximum Gasteiger partial charge on any atom is 0.269 e. The second-order valence-corrected chi connectivity index (χ2v) is 6.67. The van der Waals surface area contributed by atoms with Gasteiger partial charge in [0.2, 0.25) is 0 Å². The van der Waals surface area contributed by atoms with Crippen LogP contribution in [0.25, 0.3) is 22.0 Å².